The molecule has 0 amide bonds. The lowest BCUT2D eigenvalue weighted by Gasteiger charge is -2.13. The summed E-state index contributed by atoms with van der Waals surface area (Å²) in [6, 6.07) is 8.50. The second-order valence-corrected chi connectivity index (χ2v) is 6.51. The molecular formula is C19H34N4O. The molecule has 5 nitrogen and oxygen atoms in total. The fourth-order valence-corrected chi connectivity index (χ4v) is 2.11. The normalized spacial score (nSPS) is 11.7. The number of rotatable bonds is 10. The van der Waals surface area contributed by atoms with E-state index < -0.39 is 0 Å². The maximum atomic E-state index is 5.59. The third-order valence-electron chi connectivity index (χ3n) is 3.43. The monoisotopic (exact) mass is 334 g/mol. The van der Waals surface area contributed by atoms with Gasteiger partial charge in [0.15, 0.2) is 5.96 Å². The van der Waals surface area contributed by atoms with E-state index in [4.69, 9.17) is 4.74 Å². The smallest absolute Gasteiger partial charge is 0.191 e. The Morgan fingerprint density at radius 1 is 1.17 bits per heavy atom. The highest BCUT2D eigenvalue weighted by Gasteiger charge is 1.99. The van der Waals surface area contributed by atoms with Gasteiger partial charge < -0.3 is 20.3 Å². The molecule has 1 aromatic carbocycles. The van der Waals surface area contributed by atoms with Crippen LogP contribution in [0.3, 0.4) is 0 Å². The molecule has 0 radical (unpaired) electrons. The highest BCUT2D eigenvalue weighted by Crippen LogP contribution is 2.12. The van der Waals surface area contributed by atoms with Crippen LogP contribution in [0.4, 0.5) is 5.69 Å². The minimum atomic E-state index is 0.593. The van der Waals surface area contributed by atoms with Crippen molar-refractivity contribution < 1.29 is 4.74 Å². The van der Waals surface area contributed by atoms with Crippen molar-refractivity contribution in [1.29, 1.82) is 0 Å². The van der Waals surface area contributed by atoms with Crippen LogP contribution in [0.15, 0.2) is 29.3 Å². The number of nitrogens with zero attached hydrogens (tertiary/aromatic N) is 2. The molecule has 0 aliphatic heterocycles. The van der Waals surface area contributed by atoms with Gasteiger partial charge in [0.1, 0.15) is 0 Å². The summed E-state index contributed by atoms with van der Waals surface area (Å²) in [4.78, 5) is 6.74. The van der Waals surface area contributed by atoms with Crippen molar-refractivity contribution in [3.8, 4) is 0 Å². The number of hydrogen-bond acceptors (Lipinski definition) is 3. The first-order chi connectivity index (χ1) is 11.5. The summed E-state index contributed by atoms with van der Waals surface area (Å²) in [6.45, 7) is 10.4. The van der Waals surface area contributed by atoms with Gasteiger partial charge in [-0.2, -0.15) is 0 Å². The molecule has 0 saturated heterocycles. The summed E-state index contributed by atoms with van der Waals surface area (Å²) in [5.41, 5.74) is 2.41. The van der Waals surface area contributed by atoms with Crippen molar-refractivity contribution in [2.45, 2.75) is 33.7 Å². The van der Waals surface area contributed by atoms with Crippen molar-refractivity contribution >= 4 is 11.6 Å². The maximum Gasteiger partial charge on any atom is 0.191 e. The number of guanidine groups is 1. The molecular weight excluding hydrogens is 300 g/mol. The lowest BCUT2D eigenvalue weighted by Crippen LogP contribution is -2.38. The predicted octanol–water partition coefficient (Wildman–Crippen LogP) is 2.87. The second-order valence-electron chi connectivity index (χ2n) is 6.51. The van der Waals surface area contributed by atoms with Gasteiger partial charge in [-0.05, 0) is 37.0 Å². The van der Waals surface area contributed by atoms with Gasteiger partial charge in [0.05, 0.1) is 6.54 Å². The van der Waals surface area contributed by atoms with E-state index in [-0.39, 0.29) is 0 Å². The molecule has 0 bridgehead atoms. The van der Waals surface area contributed by atoms with Gasteiger partial charge in [-0.1, -0.05) is 26.0 Å². The SMILES string of the molecule is CCNC(=NCc1ccc(N(C)C)cc1)NCCCOCC(C)C. The number of ether oxygens (including phenoxy) is 1. The van der Waals surface area contributed by atoms with E-state index in [0.717, 1.165) is 38.7 Å². The Morgan fingerprint density at radius 2 is 1.88 bits per heavy atom. The summed E-state index contributed by atoms with van der Waals surface area (Å²) < 4.78 is 5.59. The van der Waals surface area contributed by atoms with Crippen LogP contribution >= 0.6 is 0 Å². The van der Waals surface area contributed by atoms with Crippen LogP contribution in [0.2, 0.25) is 0 Å². The molecule has 0 unspecified atom stereocenters. The summed E-state index contributed by atoms with van der Waals surface area (Å²) in [5, 5.41) is 6.64. The first-order valence-corrected chi connectivity index (χ1v) is 8.89. The molecule has 0 aromatic heterocycles. The third-order valence-corrected chi connectivity index (χ3v) is 3.43. The van der Waals surface area contributed by atoms with E-state index in [2.05, 4.69) is 65.6 Å². The van der Waals surface area contributed by atoms with Crippen LogP contribution in [0, 0.1) is 5.92 Å². The van der Waals surface area contributed by atoms with E-state index in [1.807, 2.05) is 14.1 Å². The molecule has 0 fully saturated rings. The molecule has 1 aromatic rings. The Balaban J connectivity index is 2.38. The lowest BCUT2D eigenvalue weighted by molar-refractivity contribution is 0.108. The highest BCUT2D eigenvalue weighted by molar-refractivity contribution is 5.79. The fraction of sp³-hybridized carbons (Fsp3) is 0.632. The Morgan fingerprint density at radius 3 is 2.46 bits per heavy atom. The quantitative estimate of drug-likeness (QED) is 0.392. The Hall–Kier alpha value is -1.75. The highest BCUT2D eigenvalue weighted by atomic mass is 16.5. The van der Waals surface area contributed by atoms with Gasteiger partial charge in [-0.15, -0.1) is 0 Å². The Labute approximate surface area is 147 Å². The maximum absolute atomic E-state index is 5.59. The van der Waals surface area contributed by atoms with Gasteiger partial charge in [0, 0.05) is 46.1 Å². The first-order valence-electron chi connectivity index (χ1n) is 8.89. The van der Waals surface area contributed by atoms with Crippen molar-refractivity contribution in [3.63, 3.8) is 0 Å². The summed E-state index contributed by atoms with van der Waals surface area (Å²) in [7, 11) is 4.09. The summed E-state index contributed by atoms with van der Waals surface area (Å²) >= 11 is 0. The molecule has 0 atom stereocenters. The van der Waals surface area contributed by atoms with E-state index in [1.165, 1.54) is 11.3 Å². The minimum Gasteiger partial charge on any atom is -0.381 e. The van der Waals surface area contributed by atoms with Crippen molar-refractivity contribution in [3.05, 3.63) is 29.8 Å². The largest absolute Gasteiger partial charge is 0.381 e. The van der Waals surface area contributed by atoms with E-state index in [9.17, 15) is 0 Å². The average molecular weight is 335 g/mol. The topological polar surface area (TPSA) is 48.9 Å². The summed E-state index contributed by atoms with van der Waals surface area (Å²) in [5.74, 6) is 1.45. The molecule has 0 heterocycles. The first kappa shape index (κ1) is 20.3. The third kappa shape index (κ3) is 8.77. The van der Waals surface area contributed by atoms with Gasteiger partial charge >= 0.3 is 0 Å². The van der Waals surface area contributed by atoms with Crippen LogP contribution in [-0.4, -0.2) is 46.4 Å². The van der Waals surface area contributed by atoms with Crippen LogP contribution in [0.25, 0.3) is 0 Å². The Kier molecular flexibility index (Phi) is 9.92. The van der Waals surface area contributed by atoms with Gasteiger partial charge in [0.2, 0.25) is 0 Å². The second kappa shape index (κ2) is 11.7. The van der Waals surface area contributed by atoms with Crippen LogP contribution < -0.4 is 15.5 Å². The fourth-order valence-electron chi connectivity index (χ4n) is 2.11. The van der Waals surface area contributed by atoms with Crippen molar-refractivity contribution in [1.82, 2.24) is 10.6 Å². The zero-order chi connectivity index (χ0) is 17.8. The average Bonchev–Trinajstić information content (AvgIpc) is 2.55. The van der Waals surface area contributed by atoms with Crippen LogP contribution in [0.1, 0.15) is 32.8 Å². The molecule has 5 heteroatoms. The van der Waals surface area contributed by atoms with Gasteiger partial charge in [-0.3, -0.25) is 0 Å². The molecule has 1 rings (SSSR count). The van der Waals surface area contributed by atoms with Crippen molar-refractivity contribution in [2.24, 2.45) is 10.9 Å². The summed E-state index contributed by atoms with van der Waals surface area (Å²) in [6.07, 6.45) is 0.981. The van der Waals surface area contributed by atoms with E-state index in [0.29, 0.717) is 12.5 Å². The molecule has 0 aliphatic rings. The molecule has 0 aliphatic carbocycles. The molecule has 136 valence electrons. The molecule has 24 heavy (non-hydrogen) atoms. The van der Waals surface area contributed by atoms with Gasteiger partial charge in [0.25, 0.3) is 0 Å². The van der Waals surface area contributed by atoms with Crippen LogP contribution in [-0.2, 0) is 11.3 Å². The van der Waals surface area contributed by atoms with E-state index in [1.54, 1.807) is 0 Å². The molecule has 2 N–H and O–H groups in total. The zero-order valence-electron chi connectivity index (χ0n) is 15.9. The van der Waals surface area contributed by atoms with Crippen LogP contribution in [0.5, 0.6) is 0 Å². The van der Waals surface area contributed by atoms with E-state index >= 15 is 0 Å². The number of nitrogens with one attached hydrogen (secondary N) is 2. The lowest BCUT2D eigenvalue weighted by atomic mass is 10.2. The Bertz CT molecular complexity index is 469. The van der Waals surface area contributed by atoms with Crippen molar-refractivity contribution in [2.75, 3.05) is 45.3 Å². The minimum absolute atomic E-state index is 0.593. The number of aliphatic imine (C=N–C) groups is 1. The zero-order valence-corrected chi connectivity index (χ0v) is 15.9. The molecule has 0 saturated carbocycles. The number of anilines is 1. The number of hydrogen-bond donors (Lipinski definition) is 2. The van der Waals surface area contributed by atoms with Gasteiger partial charge in [-0.25, -0.2) is 4.99 Å². The molecule has 0 spiro atoms. The number of benzene rings is 1. The predicted molar refractivity (Wildman–Crippen MR) is 104 cm³/mol. The standard InChI is InChI=1S/C19H34N4O/c1-6-20-19(21-12-7-13-24-15-16(2)3)22-14-17-8-10-18(11-9-17)23(4)5/h8-11,16H,6-7,12-15H2,1-5H3,(H2,20,21,22).